The van der Waals surface area contributed by atoms with Crippen LogP contribution in [0, 0.1) is 0 Å². The van der Waals surface area contributed by atoms with Gasteiger partial charge < -0.3 is 15.2 Å². The van der Waals surface area contributed by atoms with Crippen LogP contribution in [0.4, 0.5) is 8.78 Å². The SMILES string of the molecule is OC1CNCC1OCC(F)F. The van der Waals surface area contributed by atoms with Crippen molar-refractivity contribution in [3.63, 3.8) is 0 Å². The summed E-state index contributed by atoms with van der Waals surface area (Å²) in [5.74, 6) is 0. The van der Waals surface area contributed by atoms with Gasteiger partial charge >= 0.3 is 0 Å². The van der Waals surface area contributed by atoms with Gasteiger partial charge in [0.25, 0.3) is 6.43 Å². The molecule has 0 aromatic carbocycles. The van der Waals surface area contributed by atoms with Crippen molar-refractivity contribution in [1.29, 1.82) is 0 Å². The lowest BCUT2D eigenvalue weighted by atomic mass is 10.3. The molecule has 0 radical (unpaired) electrons. The second-order valence-corrected chi connectivity index (χ2v) is 2.49. The topological polar surface area (TPSA) is 41.5 Å². The van der Waals surface area contributed by atoms with E-state index >= 15 is 0 Å². The summed E-state index contributed by atoms with van der Waals surface area (Å²) in [6.45, 7) is 0.283. The highest BCUT2D eigenvalue weighted by atomic mass is 19.3. The Kier molecular flexibility index (Phi) is 3.16. The van der Waals surface area contributed by atoms with Gasteiger partial charge in [-0.2, -0.15) is 0 Å². The summed E-state index contributed by atoms with van der Waals surface area (Å²) in [7, 11) is 0. The molecule has 0 saturated carbocycles. The Bertz CT molecular complexity index is 123. The van der Waals surface area contributed by atoms with Crippen LogP contribution in [-0.2, 0) is 4.74 Å². The molecule has 1 aliphatic heterocycles. The molecule has 0 bridgehead atoms. The van der Waals surface area contributed by atoms with Crippen molar-refractivity contribution < 1.29 is 18.6 Å². The van der Waals surface area contributed by atoms with Crippen LogP contribution in [-0.4, -0.2) is 43.4 Å². The van der Waals surface area contributed by atoms with Gasteiger partial charge in [-0.15, -0.1) is 0 Å². The third kappa shape index (κ3) is 2.69. The van der Waals surface area contributed by atoms with E-state index in [0.717, 1.165) is 0 Å². The van der Waals surface area contributed by atoms with Gasteiger partial charge in [0.05, 0.1) is 12.2 Å². The van der Waals surface area contributed by atoms with Gasteiger partial charge in [-0.05, 0) is 0 Å². The summed E-state index contributed by atoms with van der Waals surface area (Å²) < 4.78 is 27.9. The summed E-state index contributed by atoms with van der Waals surface area (Å²) in [6.07, 6.45) is -3.57. The molecule has 1 saturated heterocycles. The highest BCUT2D eigenvalue weighted by molar-refractivity contribution is 4.81. The maximum Gasteiger partial charge on any atom is 0.261 e. The minimum absolute atomic E-state index is 0.425. The molecule has 11 heavy (non-hydrogen) atoms. The van der Waals surface area contributed by atoms with E-state index < -0.39 is 25.2 Å². The number of ether oxygens (including phenoxy) is 1. The first kappa shape index (κ1) is 8.83. The van der Waals surface area contributed by atoms with Gasteiger partial charge in [-0.3, -0.25) is 0 Å². The molecule has 3 nitrogen and oxygen atoms in total. The Labute approximate surface area is 63.3 Å². The largest absolute Gasteiger partial charge is 0.389 e. The van der Waals surface area contributed by atoms with Gasteiger partial charge in [-0.1, -0.05) is 0 Å². The zero-order chi connectivity index (χ0) is 8.27. The molecular weight excluding hydrogens is 156 g/mol. The van der Waals surface area contributed by atoms with Crippen LogP contribution in [0.3, 0.4) is 0 Å². The predicted molar refractivity (Wildman–Crippen MR) is 34.6 cm³/mol. The van der Waals surface area contributed by atoms with Crippen LogP contribution >= 0.6 is 0 Å². The second kappa shape index (κ2) is 3.94. The molecule has 2 atom stereocenters. The van der Waals surface area contributed by atoms with Crippen molar-refractivity contribution in [2.75, 3.05) is 19.7 Å². The fourth-order valence-corrected chi connectivity index (χ4v) is 1.01. The van der Waals surface area contributed by atoms with Crippen molar-refractivity contribution in [2.45, 2.75) is 18.6 Å². The van der Waals surface area contributed by atoms with E-state index in [0.29, 0.717) is 13.1 Å². The molecule has 5 heteroatoms. The predicted octanol–water partition coefficient (Wildman–Crippen LogP) is -0.399. The van der Waals surface area contributed by atoms with Crippen LogP contribution < -0.4 is 5.32 Å². The average molecular weight is 167 g/mol. The number of alkyl halides is 2. The number of aliphatic hydroxyl groups excluding tert-OH is 1. The first-order valence-electron chi connectivity index (χ1n) is 3.48. The number of rotatable bonds is 3. The summed E-state index contributed by atoms with van der Waals surface area (Å²) in [5, 5.41) is 11.9. The Balaban J connectivity index is 2.15. The third-order valence-electron chi connectivity index (χ3n) is 1.56. The van der Waals surface area contributed by atoms with E-state index in [1.54, 1.807) is 0 Å². The lowest BCUT2D eigenvalue weighted by Crippen LogP contribution is -2.28. The number of hydrogen-bond acceptors (Lipinski definition) is 3. The molecule has 0 aromatic rings. The molecule has 0 aromatic heterocycles. The fraction of sp³-hybridized carbons (Fsp3) is 1.00. The number of halogens is 2. The van der Waals surface area contributed by atoms with E-state index in [4.69, 9.17) is 9.84 Å². The van der Waals surface area contributed by atoms with Crippen LogP contribution in [0.15, 0.2) is 0 Å². The second-order valence-electron chi connectivity index (χ2n) is 2.49. The minimum atomic E-state index is -2.46. The first-order chi connectivity index (χ1) is 5.20. The summed E-state index contributed by atoms with van der Waals surface area (Å²) in [6, 6.07) is 0. The number of hydrogen-bond donors (Lipinski definition) is 2. The molecule has 2 N–H and O–H groups in total. The third-order valence-corrected chi connectivity index (χ3v) is 1.56. The molecule has 1 rings (SSSR count). The van der Waals surface area contributed by atoms with E-state index in [1.807, 2.05) is 0 Å². The molecular formula is C6H11F2NO2. The van der Waals surface area contributed by atoms with Gasteiger partial charge in [0, 0.05) is 13.1 Å². The zero-order valence-electron chi connectivity index (χ0n) is 5.96. The molecule has 0 spiro atoms. The molecule has 2 unspecified atom stereocenters. The Morgan fingerprint density at radius 2 is 2.27 bits per heavy atom. The Morgan fingerprint density at radius 3 is 2.73 bits per heavy atom. The quantitative estimate of drug-likeness (QED) is 0.601. The van der Waals surface area contributed by atoms with Gasteiger partial charge in [0.15, 0.2) is 0 Å². The Morgan fingerprint density at radius 1 is 1.55 bits per heavy atom. The fourth-order valence-electron chi connectivity index (χ4n) is 1.01. The van der Waals surface area contributed by atoms with Crippen molar-refractivity contribution in [1.82, 2.24) is 5.32 Å². The normalized spacial score (nSPS) is 31.6. The van der Waals surface area contributed by atoms with Crippen LogP contribution in [0.25, 0.3) is 0 Å². The van der Waals surface area contributed by atoms with Crippen LogP contribution in [0.2, 0.25) is 0 Å². The lowest BCUT2D eigenvalue weighted by Gasteiger charge is -2.13. The monoisotopic (exact) mass is 167 g/mol. The van der Waals surface area contributed by atoms with Gasteiger partial charge in [0.2, 0.25) is 0 Å². The smallest absolute Gasteiger partial charge is 0.261 e. The summed E-state index contributed by atoms with van der Waals surface area (Å²) >= 11 is 0. The lowest BCUT2D eigenvalue weighted by molar-refractivity contribution is -0.0542. The maximum absolute atomic E-state index is 11.6. The van der Waals surface area contributed by atoms with E-state index in [1.165, 1.54) is 0 Å². The molecule has 66 valence electrons. The van der Waals surface area contributed by atoms with Gasteiger partial charge in [-0.25, -0.2) is 8.78 Å². The van der Waals surface area contributed by atoms with Crippen LogP contribution in [0.5, 0.6) is 0 Å². The van der Waals surface area contributed by atoms with Gasteiger partial charge in [0.1, 0.15) is 6.61 Å². The standard InChI is InChI=1S/C6H11F2NO2/c7-6(8)3-11-5-2-9-1-4(5)10/h4-6,9-10H,1-3H2. The molecule has 1 heterocycles. The first-order valence-corrected chi connectivity index (χ1v) is 3.48. The number of aliphatic hydroxyl groups is 1. The summed E-state index contributed by atoms with van der Waals surface area (Å²) in [5.41, 5.74) is 0. The zero-order valence-corrected chi connectivity index (χ0v) is 5.96. The number of nitrogens with one attached hydrogen (secondary N) is 1. The maximum atomic E-state index is 11.6. The Hall–Kier alpha value is -0.260. The van der Waals surface area contributed by atoms with Crippen LogP contribution in [0.1, 0.15) is 0 Å². The highest BCUT2D eigenvalue weighted by Gasteiger charge is 2.26. The average Bonchev–Trinajstić information content (AvgIpc) is 2.31. The molecule has 1 aliphatic rings. The van der Waals surface area contributed by atoms with Crippen molar-refractivity contribution in [2.24, 2.45) is 0 Å². The highest BCUT2D eigenvalue weighted by Crippen LogP contribution is 2.06. The molecule has 0 amide bonds. The minimum Gasteiger partial charge on any atom is -0.389 e. The van der Waals surface area contributed by atoms with Crippen molar-refractivity contribution in [3.8, 4) is 0 Å². The number of β-amino-alcohol motifs (C(OH)–C–C–N with tert-alkyl or cyclic N) is 1. The van der Waals surface area contributed by atoms with E-state index in [9.17, 15) is 8.78 Å². The molecule has 0 aliphatic carbocycles. The van der Waals surface area contributed by atoms with E-state index in [-0.39, 0.29) is 0 Å². The molecule has 1 fully saturated rings. The van der Waals surface area contributed by atoms with E-state index in [2.05, 4.69) is 5.32 Å². The summed E-state index contributed by atoms with van der Waals surface area (Å²) in [4.78, 5) is 0. The van der Waals surface area contributed by atoms with Crippen molar-refractivity contribution in [3.05, 3.63) is 0 Å². The van der Waals surface area contributed by atoms with Crippen molar-refractivity contribution >= 4 is 0 Å².